The molecule has 5 nitrogen and oxygen atoms in total. The zero-order valence-electron chi connectivity index (χ0n) is 16.2. The Labute approximate surface area is 168 Å². The first-order chi connectivity index (χ1) is 13.6. The zero-order chi connectivity index (χ0) is 19.5. The minimum Gasteiger partial charge on any atom is -0.497 e. The molecule has 0 radical (unpaired) electrons. The number of likely N-dealkylation sites (tertiary alicyclic amines) is 1. The summed E-state index contributed by atoms with van der Waals surface area (Å²) in [6, 6.07) is 13.9. The van der Waals surface area contributed by atoms with Crippen LogP contribution in [0.15, 0.2) is 42.5 Å². The van der Waals surface area contributed by atoms with Gasteiger partial charge in [0.25, 0.3) is 5.19 Å². The van der Waals surface area contributed by atoms with E-state index in [9.17, 15) is 4.79 Å². The number of hydrogen-bond acceptors (Lipinski definition) is 5. The molecule has 1 saturated heterocycles. The van der Waals surface area contributed by atoms with Gasteiger partial charge in [0.15, 0.2) is 0 Å². The van der Waals surface area contributed by atoms with Crippen LogP contribution in [0.3, 0.4) is 0 Å². The Balaban J connectivity index is 1.30. The van der Waals surface area contributed by atoms with E-state index in [1.807, 2.05) is 35.2 Å². The van der Waals surface area contributed by atoms with Gasteiger partial charge in [-0.05, 0) is 36.2 Å². The van der Waals surface area contributed by atoms with Gasteiger partial charge in [0.1, 0.15) is 11.9 Å². The summed E-state index contributed by atoms with van der Waals surface area (Å²) in [6.45, 7) is 3.52. The lowest BCUT2D eigenvalue weighted by Crippen LogP contribution is -2.42. The summed E-state index contributed by atoms with van der Waals surface area (Å²) >= 11 is 1.59. The fraction of sp³-hybridized carbons (Fsp3) is 0.364. The summed E-state index contributed by atoms with van der Waals surface area (Å²) in [5.74, 6) is 0.971. The quantitative estimate of drug-likeness (QED) is 0.648. The van der Waals surface area contributed by atoms with Crippen molar-refractivity contribution >= 4 is 27.5 Å². The Kier molecular flexibility index (Phi) is 5.48. The van der Waals surface area contributed by atoms with Gasteiger partial charge in [-0.3, -0.25) is 4.79 Å². The SMILES string of the molecule is COc1ccc(CC(=O)N2CCC(Oc3nc4c(C)cccc4s3)CC2)cc1. The average molecular weight is 397 g/mol. The van der Waals surface area contributed by atoms with E-state index >= 15 is 0 Å². The minimum absolute atomic E-state index is 0.117. The van der Waals surface area contributed by atoms with E-state index in [1.165, 1.54) is 5.56 Å². The summed E-state index contributed by atoms with van der Waals surface area (Å²) in [5, 5.41) is 0.729. The third kappa shape index (κ3) is 4.12. The van der Waals surface area contributed by atoms with Crippen LogP contribution in [-0.2, 0) is 11.2 Å². The summed E-state index contributed by atoms with van der Waals surface area (Å²) in [5.41, 5.74) is 3.20. The second-order valence-electron chi connectivity index (χ2n) is 7.12. The molecule has 2 heterocycles. The van der Waals surface area contributed by atoms with Gasteiger partial charge >= 0.3 is 0 Å². The van der Waals surface area contributed by atoms with E-state index in [1.54, 1.807) is 18.4 Å². The normalized spacial score (nSPS) is 15.0. The van der Waals surface area contributed by atoms with Crippen molar-refractivity contribution in [3.8, 4) is 10.9 Å². The second kappa shape index (κ2) is 8.19. The molecule has 0 aliphatic carbocycles. The van der Waals surface area contributed by atoms with Crippen LogP contribution in [0.4, 0.5) is 0 Å². The maximum Gasteiger partial charge on any atom is 0.274 e. The molecule has 1 amide bonds. The number of thiazole rings is 1. The number of methoxy groups -OCH3 is 1. The summed E-state index contributed by atoms with van der Waals surface area (Å²) < 4.78 is 12.4. The third-order valence-electron chi connectivity index (χ3n) is 5.18. The molecular weight excluding hydrogens is 372 g/mol. The van der Waals surface area contributed by atoms with Crippen LogP contribution in [0.2, 0.25) is 0 Å². The Bertz CT molecular complexity index is 960. The highest BCUT2D eigenvalue weighted by Gasteiger charge is 2.25. The Morgan fingerprint density at radius 1 is 1.18 bits per heavy atom. The molecule has 1 aromatic heterocycles. The minimum atomic E-state index is 0.117. The molecule has 0 saturated carbocycles. The molecule has 0 N–H and O–H groups in total. The number of hydrogen-bond donors (Lipinski definition) is 0. The van der Waals surface area contributed by atoms with Gasteiger partial charge in [0.05, 0.1) is 23.7 Å². The van der Waals surface area contributed by atoms with Gasteiger partial charge in [-0.1, -0.05) is 35.6 Å². The molecule has 4 rings (SSSR count). The molecule has 0 bridgehead atoms. The number of carbonyl (C=O) groups is 1. The van der Waals surface area contributed by atoms with Crippen LogP contribution >= 0.6 is 11.3 Å². The number of piperidine rings is 1. The maximum absolute atomic E-state index is 12.6. The lowest BCUT2D eigenvalue weighted by atomic mass is 10.1. The fourth-order valence-electron chi connectivity index (χ4n) is 3.51. The molecule has 28 heavy (non-hydrogen) atoms. The highest BCUT2D eigenvalue weighted by Crippen LogP contribution is 2.31. The van der Waals surface area contributed by atoms with E-state index in [0.717, 1.165) is 52.7 Å². The number of aryl methyl sites for hydroxylation is 1. The predicted octanol–water partition coefficient (Wildman–Crippen LogP) is 4.23. The molecule has 1 aliphatic rings. The first kappa shape index (κ1) is 18.7. The molecule has 146 valence electrons. The summed E-state index contributed by atoms with van der Waals surface area (Å²) in [7, 11) is 1.64. The number of ether oxygens (including phenoxy) is 2. The van der Waals surface area contributed by atoms with Crippen molar-refractivity contribution in [3.05, 3.63) is 53.6 Å². The van der Waals surface area contributed by atoms with Crippen molar-refractivity contribution in [2.75, 3.05) is 20.2 Å². The summed E-state index contributed by atoms with van der Waals surface area (Å²) in [6.07, 6.45) is 2.21. The van der Waals surface area contributed by atoms with E-state index in [0.29, 0.717) is 6.42 Å². The lowest BCUT2D eigenvalue weighted by Gasteiger charge is -2.31. The van der Waals surface area contributed by atoms with Crippen LogP contribution in [-0.4, -0.2) is 42.1 Å². The molecule has 3 aromatic rings. The van der Waals surface area contributed by atoms with Crippen LogP contribution in [0, 0.1) is 6.92 Å². The number of fused-ring (bicyclic) bond motifs is 1. The van der Waals surface area contributed by atoms with E-state index in [2.05, 4.69) is 24.0 Å². The lowest BCUT2D eigenvalue weighted by molar-refractivity contribution is -0.132. The molecule has 0 spiro atoms. The Morgan fingerprint density at radius 2 is 1.93 bits per heavy atom. The standard InChI is InChI=1S/C22H24N2O3S/c1-15-4-3-5-19-21(15)23-22(28-19)27-18-10-12-24(13-11-18)20(25)14-16-6-8-17(26-2)9-7-16/h3-9,18H,10-14H2,1-2H3. The number of nitrogens with zero attached hydrogens (tertiary/aromatic N) is 2. The molecule has 1 aliphatic heterocycles. The first-order valence-corrected chi connectivity index (χ1v) is 10.4. The van der Waals surface area contributed by atoms with Crippen molar-refractivity contribution in [3.63, 3.8) is 0 Å². The van der Waals surface area contributed by atoms with Crippen molar-refractivity contribution in [2.45, 2.75) is 32.3 Å². The smallest absolute Gasteiger partial charge is 0.274 e. The maximum atomic E-state index is 12.6. The van der Waals surface area contributed by atoms with Crippen LogP contribution in [0.25, 0.3) is 10.2 Å². The molecular formula is C22H24N2O3S. The highest BCUT2D eigenvalue weighted by molar-refractivity contribution is 7.20. The Hall–Kier alpha value is -2.60. The predicted molar refractivity (Wildman–Crippen MR) is 111 cm³/mol. The van der Waals surface area contributed by atoms with Gasteiger partial charge in [-0.15, -0.1) is 0 Å². The fourth-order valence-corrected chi connectivity index (χ4v) is 4.47. The molecule has 0 atom stereocenters. The topological polar surface area (TPSA) is 51.7 Å². The van der Waals surface area contributed by atoms with Gasteiger partial charge < -0.3 is 14.4 Å². The van der Waals surface area contributed by atoms with Crippen LogP contribution in [0.5, 0.6) is 10.9 Å². The van der Waals surface area contributed by atoms with Crippen LogP contribution < -0.4 is 9.47 Å². The first-order valence-electron chi connectivity index (χ1n) is 9.56. The number of amides is 1. The second-order valence-corrected chi connectivity index (χ2v) is 8.12. The van der Waals surface area contributed by atoms with Crippen LogP contribution in [0.1, 0.15) is 24.0 Å². The van der Waals surface area contributed by atoms with Gasteiger partial charge in [0, 0.05) is 25.9 Å². The molecule has 6 heteroatoms. The zero-order valence-corrected chi connectivity index (χ0v) is 17.0. The van der Waals surface area contributed by atoms with E-state index in [-0.39, 0.29) is 12.0 Å². The molecule has 0 unspecified atom stereocenters. The van der Waals surface area contributed by atoms with E-state index < -0.39 is 0 Å². The third-order valence-corrected chi connectivity index (χ3v) is 6.09. The van der Waals surface area contributed by atoms with Gasteiger partial charge in [-0.25, -0.2) is 4.98 Å². The largest absolute Gasteiger partial charge is 0.497 e. The van der Waals surface area contributed by atoms with Crippen molar-refractivity contribution in [1.82, 2.24) is 9.88 Å². The molecule has 1 fully saturated rings. The van der Waals surface area contributed by atoms with Gasteiger partial charge in [-0.2, -0.15) is 0 Å². The van der Waals surface area contributed by atoms with Crippen molar-refractivity contribution in [2.24, 2.45) is 0 Å². The number of aromatic nitrogens is 1. The summed E-state index contributed by atoms with van der Waals surface area (Å²) in [4.78, 5) is 19.2. The Morgan fingerprint density at radius 3 is 2.61 bits per heavy atom. The molecule has 2 aromatic carbocycles. The monoisotopic (exact) mass is 396 g/mol. The number of rotatable bonds is 5. The number of para-hydroxylation sites is 1. The van der Waals surface area contributed by atoms with Crippen molar-refractivity contribution in [1.29, 1.82) is 0 Å². The number of benzene rings is 2. The van der Waals surface area contributed by atoms with Gasteiger partial charge in [0.2, 0.25) is 5.91 Å². The average Bonchev–Trinajstić information content (AvgIpc) is 3.13. The van der Waals surface area contributed by atoms with E-state index in [4.69, 9.17) is 9.47 Å². The highest BCUT2D eigenvalue weighted by atomic mass is 32.1. The number of carbonyl (C=O) groups excluding carboxylic acids is 1. The van der Waals surface area contributed by atoms with Crippen molar-refractivity contribution < 1.29 is 14.3 Å².